The zero-order valence-corrected chi connectivity index (χ0v) is 27.4. The molecule has 0 saturated heterocycles. The summed E-state index contributed by atoms with van der Waals surface area (Å²) in [5, 5.41) is 4.78. The van der Waals surface area contributed by atoms with Gasteiger partial charge in [0.15, 0.2) is 11.6 Å². The summed E-state index contributed by atoms with van der Waals surface area (Å²) in [4.78, 5) is 15.3. The van der Waals surface area contributed by atoms with Crippen molar-refractivity contribution >= 4 is 60.7 Å². The van der Waals surface area contributed by atoms with Gasteiger partial charge < -0.3 is 4.57 Å². The number of fused-ring (bicyclic) bond motifs is 8. The third kappa shape index (κ3) is 4.10. The number of rotatable bonds is 4. The summed E-state index contributed by atoms with van der Waals surface area (Å²) < 4.78 is 7.16. The molecule has 51 heavy (non-hydrogen) atoms. The van der Waals surface area contributed by atoms with Crippen LogP contribution in [0.1, 0.15) is 6.04 Å². The molecule has 3 aromatic heterocycles. The van der Waals surface area contributed by atoms with Crippen molar-refractivity contribution in [2.24, 2.45) is 0 Å². The van der Waals surface area contributed by atoms with Crippen LogP contribution in [-0.2, 0) is 0 Å². The molecule has 0 amide bonds. The minimum Gasteiger partial charge on any atom is -0.318 e. The first-order valence-corrected chi connectivity index (χ1v) is 17.3. The van der Waals surface area contributed by atoms with Crippen molar-refractivity contribution < 1.29 is 0 Å². The fourth-order valence-electron chi connectivity index (χ4n) is 8.07. The van der Waals surface area contributed by atoms with E-state index in [1.807, 2.05) is 36.4 Å². The van der Waals surface area contributed by atoms with Crippen LogP contribution in [0.25, 0.3) is 72.3 Å². The number of nitrogens with zero attached hydrogens (tertiary/aromatic N) is 6. The quantitative estimate of drug-likeness (QED) is 0.178. The second kappa shape index (κ2) is 10.8. The molecule has 11 rings (SSSR count). The summed E-state index contributed by atoms with van der Waals surface area (Å²) in [6.45, 7) is 0. The largest absolute Gasteiger partial charge is 0.318 e. The average molecular weight is 654 g/mol. The second-order valence-corrected chi connectivity index (χ2v) is 13.1. The van der Waals surface area contributed by atoms with Crippen LogP contribution in [-0.4, -0.2) is 29.8 Å². The van der Waals surface area contributed by atoms with Gasteiger partial charge >= 0.3 is 0 Å². The lowest BCUT2D eigenvalue weighted by Gasteiger charge is -2.24. The highest BCUT2D eigenvalue weighted by atomic mass is 15.2. The van der Waals surface area contributed by atoms with Crippen molar-refractivity contribution in [2.75, 3.05) is 0 Å². The van der Waals surface area contributed by atoms with Crippen molar-refractivity contribution in [3.05, 3.63) is 170 Å². The van der Waals surface area contributed by atoms with E-state index < -0.39 is 0 Å². The van der Waals surface area contributed by atoms with Crippen molar-refractivity contribution in [3.63, 3.8) is 0 Å². The van der Waals surface area contributed by atoms with E-state index in [2.05, 4.69) is 147 Å². The molecule has 1 atom stereocenters. The Labute approximate surface area is 293 Å². The highest BCUT2D eigenvalue weighted by Gasteiger charge is 2.37. The van der Waals surface area contributed by atoms with E-state index in [1.165, 1.54) is 33.2 Å². The SMILES string of the molecule is C1=CC2=[N+](c3ccccc3)c3cccc4c5cc6c7ccccc7n(-c7nc(-c8ccccc8)nc(-c8ccccc8)n7)c6cc5n(c34)C2C=C1. The van der Waals surface area contributed by atoms with E-state index in [4.69, 9.17) is 15.0 Å². The van der Waals surface area contributed by atoms with E-state index in [9.17, 15) is 0 Å². The van der Waals surface area contributed by atoms with Crippen molar-refractivity contribution in [3.8, 4) is 28.7 Å². The van der Waals surface area contributed by atoms with Gasteiger partial charge in [-0.05, 0) is 18.2 Å². The van der Waals surface area contributed by atoms with E-state index >= 15 is 0 Å². The van der Waals surface area contributed by atoms with Gasteiger partial charge in [0.2, 0.25) is 23.0 Å². The Kier molecular flexibility index (Phi) is 5.92. The van der Waals surface area contributed by atoms with Crippen LogP contribution < -0.4 is 4.58 Å². The third-order valence-electron chi connectivity index (χ3n) is 10.2. The van der Waals surface area contributed by atoms with Crippen LogP contribution in [0.3, 0.4) is 0 Å². The number of hydrogen-bond donors (Lipinski definition) is 0. The number of para-hydroxylation sites is 3. The smallest absolute Gasteiger partial charge is 0.238 e. The van der Waals surface area contributed by atoms with E-state index in [0.29, 0.717) is 17.6 Å². The highest BCUT2D eigenvalue weighted by molar-refractivity contribution is 6.22. The minimum absolute atomic E-state index is 0.0203. The number of allylic oxidation sites excluding steroid dienone is 4. The first-order valence-electron chi connectivity index (χ1n) is 17.3. The average Bonchev–Trinajstić information content (AvgIpc) is 3.71. The summed E-state index contributed by atoms with van der Waals surface area (Å²) in [6, 6.07) is 51.0. The number of benzene rings is 6. The molecule has 0 spiro atoms. The summed E-state index contributed by atoms with van der Waals surface area (Å²) in [6.07, 6.45) is 8.87. The second-order valence-electron chi connectivity index (χ2n) is 13.1. The molecule has 1 aliphatic heterocycles. The lowest BCUT2D eigenvalue weighted by atomic mass is 10.0. The zero-order chi connectivity index (χ0) is 33.5. The maximum absolute atomic E-state index is 5.17. The van der Waals surface area contributed by atoms with Gasteiger partial charge in [0.25, 0.3) is 0 Å². The van der Waals surface area contributed by atoms with Crippen molar-refractivity contribution in [2.45, 2.75) is 6.04 Å². The molecule has 1 unspecified atom stereocenters. The predicted octanol–water partition coefficient (Wildman–Crippen LogP) is 10.4. The molecule has 2 aliphatic rings. The Hall–Kier alpha value is -6.92. The standard InChI is InChI=1S/C45H29N6/c1-4-15-29(16-5-1)43-46-44(30-17-6-2-7-18-30)48-45(47-43)51-36-23-11-10-21-32(36)34-27-35-33-22-14-26-39-42(33)50(40(35)28-41(34)51)38-25-13-12-24-37(38)49(39)31-19-8-3-9-20-31/h1-28,38H/q+1. The topological polar surface area (TPSA) is 51.5 Å². The van der Waals surface area contributed by atoms with Gasteiger partial charge in [-0.15, -0.1) is 0 Å². The molecule has 0 radical (unpaired) electrons. The van der Waals surface area contributed by atoms with Crippen LogP contribution in [0.2, 0.25) is 0 Å². The van der Waals surface area contributed by atoms with Crippen LogP contribution in [0.5, 0.6) is 0 Å². The predicted molar refractivity (Wildman–Crippen MR) is 208 cm³/mol. The van der Waals surface area contributed by atoms with Crippen LogP contribution in [0.15, 0.2) is 170 Å². The van der Waals surface area contributed by atoms with Gasteiger partial charge in [0.05, 0.1) is 16.6 Å². The van der Waals surface area contributed by atoms with Gasteiger partial charge in [-0.3, -0.25) is 4.57 Å². The maximum Gasteiger partial charge on any atom is 0.238 e. The molecule has 6 aromatic carbocycles. The van der Waals surface area contributed by atoms with Gasteiger partial charge in [0.1, 0.15) is 11.6 Å². The first kappa shape index (κ1) is 28.0. The Morgan fingerprint density at radius 1 is 0.510 bits per heavy atom. The van der Waals surface area contributed by atoms with Crippen molar-refractivity contribution in [1.82, 2.24) is 28.7 Å². The molecule has 0 fully saturated rings. The third-order valence-corrected chi connectivity index (χ3v) is 10.2. The monoisotopic (exact) mass is 653 g/mol. The van der Waals surface area contributed by atoms with Crippen LogP contribution >= 0.6 is 0 Å². The Bertz CT molecular complexity index is 2890. The van der Waals surface area contributed by atoms with E-state index in [1.54, 1.807) is 0 Å². The summed E-state index contributed by atoms with van der Waals surface area (Å²) in [5.41, 5.74) is 9.94. The lowest BCUT2D eigenvalue weighted by molar-refractivity contribution is 0.781. The molecule has 1 aliphatic carbocycles. The lowest BCUT2D eigenvalue weighted by Crippen LogP contribution is -2.30. The van der Waals surface area contributed by atoms with E-state index in [0.717, 1.165) is 38.6 Å². The Morgan fingerprint density at radius 3 is 1.90 bits per heavy atom. The molecule has 9 aromatic rings. The molecule has 6 heteroatoms. The molecular weight excluding hydrogens is 625 g/mol. The molecular formula is C45H29N6+. The molecule has 6 nitrogen and oxygen atoms in total. The van der Waals surface area contributed by atoms with Crippen LogP contribution in [0, 0.1) is 0 Å². The molecule has 0 saturated carbocycles. The molecule has 0 bridgehead atoms. The van der Waals surface area contributed by atoms with Gasteiger partial charge in [0, 0.05) is 56.9 Å². The Morgan fingerprint density at radius 2 is 1.16 bits per heavy atom. The fraction of sp³-hybridized carbons (Fsp3) is 0.0222. The molecule has 0 N–H and O–H groups in total. The molecule has 238 valence electrons. The minimum atomic E-state index is 0.0203. The first-order chi connectivity index (χ1) is 25.3. The number of hydrogen-bond acceptors (Lipinski definition) is 3. The highest BCUT2D eigenvalue weighted by Crippen LogP contribution is 2.45. The van der Waals surface area contributed by atoms with Gasteiger partial charge in [-0.25, -0.2) is 4.98 Å². The van der Waals surface area contributed by atoms with Crippen LogP contribution in [0.4, 0.5) is 11.4 Å². The van der Waals surface area contributed by atoms with Crippen molar-refractivity contribution in [1.29, 1.82) is 0 Å². The summed E-state index contributed by atoms with van der Waals surface area (Å²) in [7, 11) is 0. The summed E-state index contributed by atoms with van der Waals surface area (Å²) in [5.74, 6) is 1.87. The van der Waals surface area contributed by atoms with E-state index in [-0.39, 0.29) is 6.04 Å². The summed E-state index contributed by atoms with van der Waals surface area (Å²) >= 11 is 0. The normalized spacial score (nSPS) is 15.0. The molecule has 4 heterocycles. The van der Waals surface area contributed by atoms with Gasteiger partial charge in [-0.2, -0.15) is 14.5 Å². The van der Waals surface area contributed by atoms with Gasteiger partial charge in [-0.1, -0.05) is 127 Å². The maximum atomic E-state index is 5.17. The Balaban J connectivity index is 1.24. The number of aromatic nitrogens is 5. The zero-order valence-electron chi connectivity index (χ0n) is 27.4. The fourth-order valence-corrected chi connectivity index (χ4v) is 8.07.